The lowest BCUT2D eigenvalue weighted by molar-refractivity contribution is -0.122. The molecule has 0 aromatic heterocycles. The Kier molecular flexibility index (Phi) is 6.26. The van der Waals surface area contributed by atoms with E-state index in [2.05, 4.69) is 10.6 Å². The quantitative estimate of drug-likeness (QED) is 0.829. The Bertz CT molecular complexity index is 838. The molecule has 0 aliphatic heterocycles. The first kappa shape index (κ1) is 20.5. The van der Waals surface area contributed by atoms with Crippen molar-refractivity contribution in [1.29, 1.82) is 0 Å². The van der Waals surface area contributed by atoms with Gasteiger partial charge in [0, 0.05) is 5.54 Å². The van der Waals surface area contributed by atoms with Crippen molar-refractivity contribution in [1.82, 2.24) is 5.32 Å². The summed E-state index contributed by atoms with van der Waals surface area (Å²) in [7, 11) is 0. The third kappa shape index (κ3) is 5.84. The molecule has 0 aliphatic carbocycles. The molecule has 5 nitrogen and oxygen atoms in total. The Labute approximate surface area is 161 Å². The lowest BCUT2D eigenvalue weighted by Crippen LogP contribution is -2.41. The van der Waals surface area contributed by atoms with Gasteiger partial charge in [0.15, 0.2) is 6.10 Å². The molecule has 0 bridgehead atoms. The second-order valence-corrected chi connectivity index (χ2v) is 7.77. The van der Waals surface area contributed by atoms with Gasteiger partial charge in [-0.25, -0.2) is 0 Å². The average molecular weight is 368 g/mol. The molecular weight excluding hydrogens is 340 g/mol. The fourth-order valence-electron chi connectivity index (χ4n) is 2.51. The van der Waals surface area contributed by atoms with Gasteiger partial charge in [-0.1, -0.05) is 24.3 Å². The van der Waals surface area contributed by atoms with Crippen molar-refractivity contribution in [2.75, 3.05) is 5.32 Å². The predicted octanol–water partition coefficient (Wildman–Crippen LogP) is 4.24. The van der Waals surface area contributed by atoms with Gasteiger partial charge in [-0.2, -0.15) is 0 Å². The van der Waals surface area contributed by atoms with Crippen LogP contribution in [0, 0.1) is 13.8 Å². The summed E-state index contributed by atoms with van der Waals surface area (Å²) in [6, 6.07) is 12.8. The van der Waals surface area contributed by atoms with Crippen LogP contribution in [0.3, 0.4) is 0 Å². The number of hydrogen-bond donors (Lipinski definition) is 2. The maximum absolute atomic E-state index is 12.6. The monoisotopic (exact) mass is 368 g/mol. The van der Waals surface area contributed by atoms with Crippen molar-refractivity contribution in [3.63, 3.8) is 0 Å². The predicted molar refractivity (Wildman–Crippen MR) is 108 cm³/mol. The van der Waals surface area contributed by atoms with E-state index in [1.165, 1.54) is 0 Å². The molecule has 2 N–H and O–H groups in total. The highest BCUT2D eigenvalue weighted by Crippen LogP contribution is 2.22. The summed E-state index contributed by atoms with van der Waals surface area (Å²) in [6.45, 7) is 11.3. The number of ether oxygens (including phenoxy) is 1. The van der Waals surface area contributed by atoms with Gasteiger partial charge in [0.1, 0.15) is 5.75 Å². The molecule has 0 unspecified atom stereocenters. The molecule has 2 aromatic carbocycles. The van der Waals surface area contributed by atoms with Crippen LogP contribution in [0.15, 0.2) is 42.5 Å². The zero-order valence-electron chi connectivity index (χ0n) is 16.8. The lowest BCUT2D eigenvalue weighted by atomic mass is 10.1. The summed E-state index contributed by atoms with van der Waals surface area (Å²) in [5, 5.41) is 5.72. The molecule has 1 atom stereocenters. The van der Waals surface area contributed by atoms with Crippen LogP contribution in [0.2, 0.25) is 0 Å². The Morgan fingerprint density at radius 2 is 1.70 bits per heavy atom. The van der Waals surface area contributed by atoms with E-state index >= 15 is 0 Å². The normalized spacial score (nSPS) is 12.2. The van der Waals surface area contributed by atoms with Crippen LogP contribution in [0.1, 0.15) is 49.2 Å². The number of anilines is 1. The first-order valence-corrected chi connectivity index (χ1v) is 9.03. The number of rotatable bonds is 5. The van der Waals surface area contributed by atoms with E-state index in [1.807, 2.05) is 52.8 Å². The van der Waals surface area contributed by atoms with Crippen LogP contribution >= 0.6 is 0 Å². The maximum atomic E-state index is 12.6. The summed E-state index contributed by atoms with van der Waals surface area (Å²) in [5.74, 6) is 0.129. The molecule has 2 rings (SSSR count). The van der Waals surface area contributed by atoms with Gasteiger partial charge in [0.25, 0.3) is 11.8 Å². The maximum Gasteiger partial charge on any atom is 0.265 e. The van der Waals surface area contributed by atoms with E-state index < -0.39 is 6.10 Å². The number of carbonyl (C=O) groups excluding carboxylic acids is 2. The van der Waals surface area contributed by atoms with Crippen molar-refractivity contribution in [3.05, 3.63) is 59.2 Å². The van der Waals surface area contributed by atoms with Crippen LogP contribution in [0.5, 0.6) is 5.75 Å². The fourth-order valence-corrected chi connectivity index (χ4v) is 2.51. The van der Waals surface area contributed by atoms with Gasteiger partial charge in [0.2, 0.25) is 0 Å². The number of amides is 2. The van der Waals surface area contributed by atoms with Gasteiger partial charge in [0.05, 0.1) is 11.3 Å². The lowest BCUT2D eigenvalue weighted by Gasteiger charge is -2.22. The van der Waals surface area contributed by atoms with Crippen molar-refractivity contribution >= 4 is 17.5 Å². The highest BCUT2D eigenvalue weighted by atomic mass is 16.5. The van der Waals surface area contributed by atoms with E-state index in [1.54, 1.807) is 31.2 Å². The van der Waals surface area contributed by atoms with Crippen LogP contribution < -0.4 is 15.4 Å². The molecular formula is C22H28N2O3. The third-order valence-corrected chi connectivity index (χ3v) is 3.93. The fraction of sp³-hybridized carbons (Fsp3) is 0.364. The molecule has 2 aromatic rings. The van der Waals surface area contributed by atoms with Crippen LogP contribution in [-0.2, 0) is 4.79 Å². The molecule has 5 heteroatoms. The summed E-state index contributed by atoms with van der Waals surface area (Å²) in [4.78, 5) is 25.1. The topological polar surface area (TPSA) is 67.4 Å². The highest BCUT2D eigenvalue weighted by Gasteiger charge is 2.21. The second-order valence-electron chi connectivity index (χ2n) is 7.77. The Balaban J connectivity index is 2.13. The van der Waals surface area contributed by atoms with Crippen molar-refractivity contribution in [2.24, 2.45) is 0 Å². The Morgan fingerprint density at radius 3 is 2.37 bits per heavy atom. The molecule has 0 saturated heterocycles. The first-order chi connectivity index (χ1) is 12.6. The molecule has 2 amide bonds. The molecule has 0 saturated carbocycles. The van der Waals surface area contributed by atoms with E-state index in [0.717, 1.165) is 11.1 Å². The van der Waals surface area contributed by atoms with E-state index in [9.17, 15) is 9.59 Å². The molecule has 27 heavy (non-hydrogen) atoms. The zero-order valence-corrected chi connectivity index (χ0v) is 16.8. The summed E-state index contributed by atoms with van der Waals surface area (Å²) >= 11 is 0. The van der Waals surface area contributed by atoms with Gasteiger partial charge in [-0.05, 0) is 70.9 Å². The number of benzene rings is 2. The molecule has 0 spiro atoms. The van der Waals surface area contributed by atoms with E-state index in [-0.39, 0.29) is 17.4 Å². The van der Waals surface area contributed by atoms with Crippen molar-refractivity contribution in [2.45, 2.75) is 53.2 Å². The van der Waals surface area contributed by atoms with Crippen LogP contribution in [0.4, 0.5) is 5.69 Å². The van der Waals surface area contributed by atoms with Crippen LogP contribution in [-0.4, -0.2) is 23.5 Å². The smallest absolute Gasteiger partial charge is 0.265 e. The zero-order chi connectivity index (χ0) is 20.2. The molecule has 0 radical (unpaired) electrons. The minimum absolute atomic E-state index is 0.235. The number of nitrogens with one attached hydrogen (secondary N) is 2. The van der Waals surface area contributed by atoms with E-state index in [4.69, 9.17) is 4.74 Å². The van der Waals surface area contributed by atoms with Gasteiger partial charge in [-0.15, -0.1) is 0 Å². The molecule has 144 valence electrons. The molecule has 0 aliphatic rings. The second kappa shape index (κ2) is 8.25. The number of hydrogen-bond acceptors (Lipinski definition) is 3. The first-order valence-electron chi connectivity index (χ1n) is 9.03. The number of aryl methyl sites for hydroxylation is 2. The summed E-state index contributed by atoms with van der Waals surface area (Å²) in [5.41, 5.74) is 2.53. The van der Waals surface area contributed by atoms with Gasteiger partial charge < -0.3 is 15.4 Å². The average Bonchev–Trinajstić information content (AvgIpc) is 2.57. The SMILES string of the molecule is Cc1ccc(C)c(O[C@@H](C)C(=O)Nc2ccccc2C(=O)NC(C)(C)C)c1. The van der Waals surface area contributed by atoms with E-state index in [0.29, 0.717) is 17.0 Å². The minimum atomic E-state index is -0.704. The summed E-state index contributed by atoms with van der Waals surface area (Å²) in [6.07, 6.45) is -0.704. The minimum Gasteiger partial charge on any atom is -0.481 e. The standard InChI is InChI=1S/C22H28N2O3/c1-14-11-12-15(2)19(13-14)27-16(3)20(25)23-18-10-8-7-9-17(18)21(26)24-22(4,5)6/h7-13,16H,1-6H3,(H,23,25)(H,24,26)/t16-/m0/s1. The van der Waals surface area contributed by atoms with Gasteiger partial charge >= 0.3 is 0 Å². The van der Waals surface area contributed by atoms with Crippen molar-refractivity contribution in [3.8, 4) is 5.75 Å². The van der Waals surface area contributed by atoms with Crippen LogP contribution in [0.25, 0.3) is 0 Å². The largest absolute Gasteiger partial charge is 0.481 e. The highest BCUT2D eigenvalue weighted by molar-refractivity contribution is 6.04. The number of carbonyl (C=O) groups is 2. The third-order valence-electron chi connectivity index (χ3n) is 3.93. The van der Waals surface area contributed by atoms with Gasteiger partial charge in [-0.3, -0.25) is 9.59 Å². The Hall–Kier alpha value is -2.82. The van der Waals surface area contributed by atoms with Crippen molar-refractivity contribution < 1.29 is 14.3 Å². The molecule has 0 heterocycles. The summed E-state index contributed by atoms with van der Waals surface area (Å²) < 4.78 is 5.83. The Morgan fingerprint density at radius 1 is 1.04 bits per heavy atom. The molecule has 0 fully saturated rings. The number of para-hydroxylation sites is 1.